The molecule has 2 aliphatic rings. The smallest absolute Gasteiger partial charge is 0.408 e. The van der Waals surface area contributed by atoms with Gasteiger partial charge in [0.2, 0.25) is 0 Å². The Balaban J connectivity index is 2.12. The molecule has 2 atom stereocenters. The molecule has 1 aliphatic heterocycles. The number of hydrogen-bond donors (Lipinski definition) is 2. The van der Waals surface area contributed by atoms with Crippen LogP contribution in [0.5, 0.6) is 0 Å². The largest absolute Gasteiger partial charge is 0.480 e. The van der Waals surface area contributed by atoms with E-state index in [0.717, 1.165) is 12.8 Å². The first-order valence-electron chi connectivity index (χ1n) is 5.75. The Morgan fingerprint density at radius 2 is 1.83 bits per heavy atom. The number of nitrogens with zero attached hydrogens (tertiary/aromatic N) is 1. The first-order valence-corrected chi connectivity index (χ1v) is 7.46. The Labute approximate surface area is 104 Å². The molecule has 0 aromatic carbocycles. The van der Waals surface area contributed by atoms with Gasteiger partial charge in [0.1, 0.15) is 6.04 Å². The summed E-state index contributed by atoms with van der Waals surface area (Å²) < 4.78 is 24.0. The van der Waals surface area contributed by atoms with Crippen molar-refractivity contribution in [3.8, 4) is 0 Å². The lowest BCUT2D eigenvalue weighted by Crippen LogP contribution is -2.39. The maximum atomic E-state index is 12.0. The van der Waals surface area contributed by atoms with Crippen LogP contribution in [0.15, 0.2) is 0 Å². The van der Waals surface area contributed by atoms with Crippen molar-refractivity contribution in [2.45, 2.75) is 30.6 Å². The van der Waals surface area contributed by atoms with Crippen LogP contribution >= 0.6 is 0 Å². The normalized spacial score (nSPS) is 28.3. The van der Waals surface area contributed by atoms with Gasteiger partial charge < -0.3 is 10.2 Å². The molecular formula is C10H15NO6S. The van der Waals surface area contributed by atoms with E-state index in [-0.39, 0.29) is 24.6 Å². The zero-order valence-electron chi connectivity index (χ0n) is 9.65. The maximum absolute atomic E-state index is 12.0. The number of hydrogen-bond acceptors (Lipinski definition) is 4. The van der Waals surface area contributed by atoms with Crippen LogP contribution in [0.2, 0.25) is 0 Å². The molecule has 2 N–H and O–H groups in total. The summed E-state index contributed by atoms with van der Waals surface area (Å²) in [7, 11) is -3.40. The lowest BCUT2D eigenvalue weighted by molar-refractivity contribution is -0.141. The number of aliphatic carboxylic acids is 1. The zero-order chi connectivity index (χ0) is 13.5. The highest BCUT2D eigenvalue weighted by Crippen LogP contribution is 2.33. The van der Waals surface area contributed by atoms with Crippen LogP contribution in [0, 0.1) is 5.92 Å². The van der Waals surface area contributed by atoms with E-state index in [9.17, 15) is 18.0 Å². The maximum Gasteiger partial charge on any atom is 0.408 e. The minimum atomic E-state index is -3.40. The predicted molar refractivity (Wildman–Crippen MR) is 61.1 cm³/mol. The van der Waals surface area contributed by atoms with Crippen molar-refractivity contribution in [1.29, 1.82) is 0 Å². The van der Waals surface area contributed by atoms with Gasteiger partial charge in [0, 0.05) is 6.54 Å². The van der Waals surface area contributed by atoms with Crippen LogP contribution in [0.4, 0.5) is 4.79 Å². The summed E-state index contributed by atoms with van der Waals surface area (Å²) in [5, 5.41) is 16.9. The summed E-state index contributed by atoms with van der Waals surface area (Å²) in [6, 6.07) is -1.25. The van der Waals surface area contributed by atoms with E-state index in [0.29, 0.717) is 4.90 Å². The Kier molecular flexibility index (Phi) is 3.22. The third-order valence-corrected chi connectivity index (χ3v) is 5.76. The Hall–Kier alpha value is -1.31. The molecule has 1 amide bonds. The number of carbonyl (C=O) groups is 2. The molecule has 1 saturated heterocycles. The molecule has 1 unspecified atom stereocenters. The fourth-order valence-corrected chi connectivity index (χ4v) is 4.38. The summed E-state index contributed by atoms with van der Waals surface area (Å²) >= 11 is 0. The van der Waals surface area contributed by atoms with Gasteiger partial charge in [0.15, 0.2) is 9.84 Å². The summed E-state index contributed by atoms with van der Waals surface area (Å²) in [6.45, 7) is -0.235. The Morgan fingerprint density at radius 1 is 1.22 bits per heavy atom. The number of rotatable bonds is 4. The number of carboxylic acids is 1. The fraction of sp³-hybridized carbons (Fsp3) is 0.800. The van der Waals surface area contributed by atoms with Crippen LogP contribution in [-0.2, 0) is 14.6 Å². The van der Waals surface area contributed by atoms with E-state index in [4.69, 9.17) is 10.2 Å². The minimum absolute atomic E-state index is 0.0530. The molecule has 102 valence electrons. The predicted octanol–water partition coefficient (Wildman–Crippen LogP) is 0.0167. The highest BCUT2D eigenvalue weighted by molar-refractivity contribution is 7.92. The van der Waals surface area contributed by atoms with E-state index in [1.54, 1.807) is 0 Å². The monoisotopic (exact) mass is 277 g/mol. The summed E-state index contributed by atoms with van der Waals surface area (Å²) in [5.41, 5.74) is 0. The quantitative estimate of drug-likeness (QED) is 0.749. The topological polar surface area (TPSA) is 112 Å². The molecule has 0 aromatic heterocycles. The molecule has 1 aliphatic carbocycles. The standard InChI is InChI=1S/C10H15NO6S/c12-9(13)8-3-7(4-11(8)10(14)15)18(16,17)5-6-1-2-6/h6-8H,1-5H2,(H,12,13)(H,14,15)/t7-,8?/m1/s1. The lowest BCUT2D eigenvalue weighted by atomic mass is 10.2. The van der Waals surface area contributed by atoms with Crippen molar-refractivity contribution < 1.29 is 28.2 Å². The second-order valence-electron chi connectivity index (χ2n) is 4.92. The molecule has 0 spiro atoms. The molecular weight excluding hydrogens is 262 g/mol. The Bertz CT molecular complexity index is 447. The molecule has 8 heteroatoms. The highest BCUT2D eigenvalue weighted by Gasteiger charge is 2.46. The van der Waals surface area contributed by atoms with Crippen LogP contribution in [0.3, 0.4) is 0 Å². The van der Waals surface area contributed by atoms with E-state index >= 15 is 0 Å². The Morgan fingerprint density at radius 3 is 2.22 bits per heavy atom. The first kappa shape index (κ1) is 13.1. The van der Waals surface area contributed by atoms with E-state index in [1.165, 1.54) is 0 Å². The van der Waals surface area contributed by atoms with E-state index < -0.39 is 33.2 Å². The van der Waals surface area contributed by atoms with Crippen LogP contribution in [-0.4, -0.2) is 59.2 Å². The molecule has 7 nitrogen and oxygen atoms in total. The number of amides is 1. The summed E-state index contributed by atoms with van der Waals surface area (Å²) in [4.78, 5) is 22.5. The van der Waals surface area contributed by atoms with Gasteiger partial charge in [-0.3, -0.25) is 4.90 Å². The van der Waals surface area contributed by atoms with Crippen molar-refractivity contribution in [2.24, 2.45) is 5.92 Å². The van der Waals surface area contributed by atoms with Gasteiger partial charge in [-0.05, 0) is 25.2 Å². The summed E-state index contributed by atoms with van der Waals surface area (Å²) in [6.07, 6.45) is 0.247. The van der Waals surface area contributed by atoms with Gasteiger partial charge in [-0.2, -0.15) is 0 Å². The number of sulfone groups is 1. The zero-order valence-corrected chi connectivity index (χ0v) is 10.5. The van der Waals surface area contributed by atoms with Crippen LogP contribution < -0.4 is 0 Å². The molecule has 0 bridgehead atoms. The van der Waals surface area contributed by atoms with Crippen molar-refractivity contribution in [3.05, 3.63) is 0 Å². The van der Waals surface area contributed by atoms with Gasteiger partial charge in [-0.1, -0.05) is 0 Å². The average Bonchev–Trinajstić information content (AvgIpc) is 2.92. The van der Waals surface area contributed by atoms with Gasteiger partial charge in [-0.15, -0.1) is 0 Å². The molecule has 2 fully saturated rings. The van der Waals surface area contributed by atoms with Gasteiger partial charge in [0.25, 0.3) is 0 Å². The van der Waals surface area contributed by atoms with Crippen molar-refractivity contribution in [2.75, 3.05) is 12.3 Å². The van der Waals surface area contributed by atoms with Crippen molar-refractivity contribution >= 4 is 21.9 Å². The van der Waals surface area contributed by atoms with Gasteiger partial charge in [-0.25, -0.2) is 18.0 Å². The molecule has 1 saturated carbocycles. The third-order valence-electron chi connectivity index (χ3n) is 3.47. The van der Waals surface area contributed by atoms with Gasteiger partial charge >= 0.3 is 12.1 Å². The molecule has 0 radical (unpaired) electrons. The number of carboxylic acid groups (broad SMARTS) is 2. The molecule has 18 heavy (non-hydrogen) atoms. The fourth-order valence-electron chi connectivity index (χ4n) is 2.25. The first-order chi connectivity index (χ1) is 8.31. The second kappa shape index (κ2) is 4.42. The van der Waals surface area contributed by atoms with Gasteiger partial charge in [0.05, 0.1) is 11.0 Å². The van der Waals surface area contributed by atoms with Crippen molar-refractivity contribution in [3.63, 3.8) is 0 Å². The summed E-state index contributed by atoms with van der Waals surface area (Å²) in [5.74, 6) is -1.06. The van der Waals surface area contributed by atoms with Crippen molar-refractivity contribution in [1.82, 2.24) is 4.90 Å². The van der Waals surface area contributed by atoms with Crippen LogP contribution in [0.1, 0.15) is 19.3 Å². The SMILES string of the molecule is O=C(O)C1C[C@@H](S(=O)(=O)CC2CC2)CN1C(=O)O. The van der Waals surface area contributed by atoms with Crippen LogP contribution in [0.25, 0.3) is 0 Å². The second-order valence-corrected chi connectivity index (χ2v) is 7.25. The molecule has 2 rings (SSSR count). The molecule has 1 heterocycles. The number of likely N-dealkylation sites (tertiary alicyclic amines) is 1. The third kappa shape index (κ3) is 2.58. The lowest BCUT2D eigenvalue weighted by Gasteiger charge is -2.16. The molecule has 0 aromatic rings. The highest BCUT2D eigenvalue weighted by atomic mass is 32.2. The minimum Gasteiger partial charge on any atom is -0.480 e. The van der Waals surface area contributed by atoms with E-state index in [2.05, 4.69) is 0 Å². The van der Waals surface area contributed by atoms with E-state index in [1.807, 2.05) is 0 Å². The average molecular weight is 277 g/mol.